The molecule has 46 heavy (non-hydrogen) atoms. The van der Waals surface area contributed by atoms with Gasteiger partial charge in [0.1, 0.15) is 21.9 Å². The quantitative estimate of drug-likeness (QED) is 0.108. The van der Waals surface area contributed by atoms with Gasteiger partial charge in [0.25, 0.3) is 0 Å². The highest BCUT2D eigenvalue weighted by atomic mass is 35.5. The van der Waals surface area contributed by atoms with Crippen molar-refractivity contribution in [3.8, 4) is 17.2 Å². The zero-order chi connectivity index (χ0) is 33.0. The van der Waals surface area contributed by atoms with Crippen LogP contribution < -0.4 is 23.7 Å². The van der Waals surface area contributed by atoms with Crippen LogP contribution in [0.2, 0.25) is 10.0 Å². The molecular formula is C31H33Cl2F2N2O8S+. The molecule has 0 unspecified atom stereocenters. The Balaban J connectivity index is 1.46. The van der Waals surface area contributed by atoms with Crippen molar-refractivity contribution < 1.29 is 50.9 Å². The number of rotatable bonds is 16. The van der Waals surface area contributed by atoms with E-state index in [4.69, 9.17) is 37.4 Å². The zero-order valence-corrected chi connectivity index (χ0v) is 27.1. The summed E-state index contributed by atoms with van der Waals surface area (Å²) in [5.74, 6) is 0.176. The molecule has 2 aromatic carbocycles. The number of carbonyl (C=O) groups excluding carboxylic acids is 1. The van der Waals surface area contributed by atoms with Crippen molar-refractivity contribution in [2.45, 2.75) is 51.4 Å². The Morgan fingerprint density at radius 3 is 2.20 bits per heavy atom. The third-order valence-electron chi connectivity index (χ3n) is 7.43. The van der Waals surface area contributed by atoms with E-state index in [2.05, 4.69) is 9.46 Å². The van der Waals surface area contributed by atoms with Crippen molar-refractivity contribution in [1.82, 2.24) is 4.72 Å². The Hall–Kier alpha value is -3.39. The van der Waals surface area contributed by atoms with E-state index in [1.165, 1.54) is 42.7 Å². The van der Waals surface area contributed by atoms with Crippen molar-refractivity contribution in [2.24, 2.45) is 11.8 Å². The number of ether oxygens (including phenoxy) is 4. The smallest absolute Gasteiger partial charge is 0.387 e. The van der Waals surface area contributed by atoms with Gasteiger partial charge >= 0.3 is 12.6 Å². The number of halogens is 4. The normalized spacial score (nSPS) is 15.4. The fourth-order valence-corrected chi connectivity index (χ4v) is 5.55. The molecule has 5 rings (SSSR count). The molecule has 10 nitrogen and oxygen atoms in total. The predicted molar refractivity (Wildman–Crippen MR) is 163 cm³/mol. The summed E-state index contributed by atoms with van der Waals surface area (Å²) in [7, 11) is -3.49. The number of aromatic nitrogens is 1. The van der Waals surface area contributed by atoms with E-state index in [0.29, 0.717) is 52.2 Å². The van der Waals surface area contributed by atoms with E-state index in [9.17, 15) is 27.2 Å². The van der Waals surface area contributed by atoms with Gasteiger partial charge in [-0.1, -0.05) is 35.3 Å². The Labute approximate surface area is 275 Å². The summed E-state index contributed by atoms with van der Waals surface area (Å²) < 4.78 is 75.3. The molecule has 0 bridgehead atoms. The average Bonchev–Trinajstić information content (AvgIpc) is 3.91. The van der Waals surface area contributed by atoms with Crippen molar-refractivity contribution >= 4 is 39.2 Å². The number of esters is 1. The Kier molecular flexibility index (Phi) is 10.8. The second kappa shape index (κ2) is 14.6. The first kappa shape index (κ1) is 34.0. The number of nitrogens with zero attached hydrogens (tertiary/aromatic N) is 1. The van der Waals surface area contributed by atoms with E-state index >= 15 is 0 Å². The highest BCUT2D eigenvalue weighted by Gasteiger charge is 2.28. The van der Waals surface area contributed by atoms with Gasteiger partial charge < -0.3 is 18.9 Å². The monoisotopic (exact) mass is 701 g/mol. The van der Waals surface area contributed by atoms with Crippen LogP contribution >= 0.6 is 23.2 Å². The zero-order valence-electron chi connectivity index (χ0n) is 24.8. The topological polar surface area (TPSA) is 124 Å². The number of pyridine rings is 1. The van der Waals surface area contributed by atoms with Crippen LogP contribution in [0.4, 0.5) is 8.78 Å². The molecule has 3 aromatic rings. The van der Waals surface area contributed by atoms with E-state index in [1.54, 1.807) is 6.07 Å². The molecule has 2 aliphatic rings. The number of hydrogen-bond donors (Lipinski definition) is 2. The van der Waals surface area contributed by atoms with Gasteiger partial charge in [-0.2, -0.15) is 8.78 Å². The van der Waals surface area contributed by atoms with E-state index in [0.717, 1.165) is 31.9 Å². The Bertz CT molecular complexity index is 1660. The second-order valence-electron chi connectivity index (χ2n) is 11.4. The molecule has 0 amide bonds. The van der Waals surface area contributed by atoms with E-state index in [-0.39, 0.29) is 40.1 Å². The van der Waals surface area contributed by atoms with Crippen molar-refractivity contribution in [3.63, 3.8) is 0 Å². The van der Waals surface area contributed by atoms with Gasteiger partial charge in [0.2, 0.25) is 22.4 Å². The van der Waals surface area contributed by atoms with Gasteiger partial charge in [0.15, 0.2) is 11.5 Å². The minimum absolute atomic E-state index is 0.0384. The molecule has 2 N–H and O–H groups in total. The fraction of sp³-hybridized carbons (Fsp3) is 0.419. The molecule has 0 spiro atoms. The summed E-state index contributed by atoms with van der Waals surface area (Å²) in [5, 5.41) is 10.0. The lowest BCUT2D eigenvalue weighted by Gasteiger charge is -2.21. The highest BCUT2D eigenvalue weighted by Crippen LogP contribution is 2.38. The maximum absolute atomic E-state index is 13.6. The Morgan fingerprint density at radius 1 is 0.978 bits per heavy atom. The molecule has 1 aromatic heterocycles. The average molecular weight is 703 g/mol. The van der Waals surface area contributed by atoms with E-state index < -0.39 is 28.7 Å². The third-order valence-corrected chi connectivity index (χ3v) is 8.75. The van der Waals surface area contributed by atoms with Crippen LogP contribution in [-0.4, -0.2) is 45.7 Å². The first-order valence-corrected chi connectivity index (χ1v) is 17.2. The Morgan fingerprint density at radius 2 is 1.61 bits per heavy atom. The van der Waals surface area contributed by atoms with E-state index in [1.807, 2.05) is 0 Å². The highest BCUT2D eigenvalue weighted by molar-refractivity contribution is 7.88. The van der Waals surface area contributed by atoms with Crippen LogP contribution in [0, 0.1) is 11.8 Å². The summed E-state index contributed by atoms with van der Waals surface area (Å²) >= 11 is 12.8. The number of hydrogen-bond acceptors (Lipinski definition) is 8. The molecule has 248 valence electrons. The minimum atomic E-state index is -3.49. The fourth-order valence-electron chi connectivity index (χ4n) is 4.53. The number of alkyl halides is 2. The molecule has 1 atom stereocenters. The summed E-state index contributed by atoms with van der Waals surface area (Å²) in [6.45, 7) is -2.39. The number of benzene rings is 2. The first-order valence-electron chi connectivity index (χ1n) is 14.6. The number of sulfonamides is 1. The molecule has 0 radical (unpaired) electrons. The summed E-state index contributed by atoms with van der Waals surface area (Å²) in [6, 6.07) is 8.82. The molecule has 0 aliphatic heterocycles. The molecule has 2 fully saturated rings. The van der Waals surface area contributed by atoms with Gasteiger partial charge in [-0.05, 0) is 67.3 Å². The minimum Gasteiger partial charge on any atom is -0.493 e. The largest absolute Gasteiger partial charge is 0.493 e. The SMILES string of the molecule is CS(=O)(=O)NCc1ccc(C(=O)O[C@@H](Cc2c(Cl)c[n+](O)cc2Cl)c2ccc(OC(F)F)c(OCC3CC3)c2)cc1OCC1CC1. The summed E-state index contributed by atoms with van der Waals surface area (Å²) in [5.41, 5.74) is 1.40. The van der Waals surface area contributed by atoms with Crippen molar-refractivity contribution in [3.05, 3.63) is 81.1 Å². The molecular weight excluding hydrogens is 669 g/mol. The maximum atomic E-state index is 13.6. The standard InChI is InChI=1S/C31H33Cl2F2N2O8S/c1-46(40,41)36-13-22-7-6-21(11-27(22)42-16-18-2-3-18)30(38)44-28(12-23-24(32)14-37(39)15-25(23)33)20-8-9-26(45-31(34)35)29(10-20)43-17-19-4-5-19/h6-11,14-15,18-19,28,31,36,39H,2-5,12-13,16-17H2,1H3/q+1/t28-/m0/s1. The molecule has 1 heterocycles. The lowest BCUT2D eigenvalue weighted by molar-refractivity contribution is -0.904. The molecule has 15 heteroatoms. The van der Waals surface area contributed by atoms with Crippen LogP contribution in [0.3, 0.4) is 0 Å². The van der Waals surface area contributed by atoms with Crippen LogP contribution in [0.15, 0.2) is 48.8 Å². The van der Waals surface area contributed by atoms with Crippen LogP contribution in [0.5, 0.6) is 17.2 Å². The molecule has 2 aliphatic carbocycles. The number of carbonyl (C=O) groups is 1. The summed E-state index contributed by atoms with van der Waals surface area (Å²) in [4.78, 5) is 13.6. The maximum Gasteiger partial charge on any atom is 0.387 e. The van der Waals surface area contributed by atoms with Crippen molar-refractivity contribution in [1.29, 1.82) is 0 Å². The van der Waals surface area contributed by atoms with Gasteiger partial charge in [-0.3, -0.25) is 5.21 Å². The summed E-state index contributed by atoms with van der Waals surface area (Å²) in [6.07, 6.45) is 6.36. The van der Waals surface area contributed by atoms with Gasteiger partial charge in [0, 0.05) is 28.8 Å². The van der Waals surface area contributed by atoms with Crippen LogP contribution in [-0.2, 0) is 27.7 Å². The van der Waals surface area contributed by atoms with Crippen molar-refractivity contribution in [2.75, 3.05) is 19.5 Å². The molecule has 0 saturated heterocycles. The van der Waals surface area contributed by atoms with Gasteiger partial charge in [-0.25, -0.2) is 17.9 Å². The van der Waals surface area contributed by atoms with Gasteiger partial charge in [0.05, 0.1) is 25.0 Å². The third kappa shape index (κ3) is 9.81. The van der Waals surface area contributed by atoms with Crippen LogP contribution in [0.1, 0.15) is 58.8 Å². The number of nitrogens with one attached hydrogen (secondary N) is 1. The van der Waals surface area contributed by atoms with Crippen LogP contribution in [0.25, 0.3) is 0 Å². The lowest BCUT2D eigenvalue weighted by Crippen LogP contribution is -2.29. The first-order chi connectivity index (χ1) is 21.8. The second-order valence-corrected chi connectivity index (χ2v) is 14.1. The molecule has 2 saturated carbocycles. The predicted octanol–water partition coefficient (Wildman–Crippen LogP) is 5.89. The van der Waals surface area contributed by atoms with Gasteiger partial charge in [-0.15, -0.1) is 0 Å². The lowest BCUT2D eigenvalue weighted by atomic mass is 10.0.